The second-order valence-corrected chi connectivity index (χ2v) is 4.99. The lowest BCUT2D eigenvalue weighted by Gasteiger charge is -2.17. The van der Waals surface area contributed by atoms with E-state index in [2.05, 4.69) is 0 Å². The number of aliphatic imine (C=N–C) groups is 1. The molecule has 1 aliphatic heterocycles. The number of aliphatic hydroxyl groups is 1. The quantitative estimate of drug-likeness (QED) is 0.928. The number of aryl methyl sites for hydroxylation is 1. The number of nitrogens with zero attached hydrogens (tertiary/aromatic N) is 1. The van der Waals surface area contributed by atoms with Gasteiger partial charge in [0.1, 0.15) is 18.0 Å². The van der Waals surface area contributed by atoms with Gasteiger partial charge < -0.3 is 9.84 Å². The standard InChI is InChI=1S/C17H17NO2/c1-12-2-7-17-15(10-12)18-16(11-20-17)14-5-3-13(4-6-14)8-9-19/h2-7,10,19H,8-9,11H2,1H3. The smallest absolute Gasteiger partial charge is 0.145 e. The first kappa shape index (κ1) is 12.9. The lowest BCUT2D eigenvalue weighted by atomic mass is 10.1. The van der Waals surface area contributed by atoms with Gasteiger partial charge in [-0.15, -0.1) is 0 Å². The van der Waals surface area contributed by atoms with E-state index in [1.54, 1.807) is 0 Å². The van der Waals surface area contributed by atoms with Crippen LogP contribution in [0.25, 0.3) is 0 Å². The van der Waals surface area contributed by atoms with Crippen LogP contribution in [0.3, 0.4) is 0 Å². The van der Waals surface area contributed by atoms with Gasteiger partial charge in [-0.1, -0.05) is 30.3 Å². The first-order valence-corrected chi connectivity index (χ1v) is 6.77. The second kappa shape index (κ2) is 5.47. The Morgan fingerprint density at radius 2 is 1.95 bits per heavy atom. The molecule has 0 saturated carbocycles. The van der Waals surface area contributed by atoms with Crippen molar-refractivity contribution in [1.82, 2.24) is 0 Å². The Kier molecular flexibility index (Phi) is 3.52. The molecule has 0 aromatic heterocycles. The van der Waals surface area contributed by atoms with E-state index in [1.165, 1.54) is 5.56 Å². The van der Waals surface area contributed by atoms with Crippen LogP contribution in [0.4, 0.5) is 5.69 Å². The molecule has 0 saturated heterocycles. The average Bonchev–Trinajstić information content (AvgIpc) is 2.47. The maximum Gasteiger partial charge on any atom is 0.145 e. The van der Waals surface area contributed by atoms with Gasteiger partial charge in [-0.25, -0.2) is 4.99 Å². The van der Waals surface area contributed by atoms with Gasteiger partial charge in [-0.3, -0.25) is 0 Å². The summed E-state index contributed by atoms with van der Waals surface area (Å²) in [4.78, 5) is 4.69. The molecular weight excluding hydrogens is 250 g/mol. The number of fused-ring (bicyclic) bond motifs is 1. The van der Waals surface area contributed by atoms with Crippen LogP contribution in [-0.2, 0) is 6.42 Å². The molecule has 0 unspecified atom stereocenters. The third-order valence-corrected chi connectivity index (χ3v) is 3.42. The van der Waals surface area contributed by atoms with E-state index in [0.717, 1.165) is 28.3 Å². The highest BCUT2D eigenvalue weighted by Gasteiger charge is 2.14. The van der Waals surface area contributed by atoms with Crippen molar-refractivity contribution in [1.29, 1.82) is 0 Å². The molecule has 0 amide bonds. The van der Waals surface area contributed by atoms with E-state index in [9.17, 15) is 0 Å². The van der Waals surface area contributed by atoms with Crippen molar-refractivity contribution in [3.05, 3.63) is 59.2 Å². The number of rotatable bonds is 3. The fourth-order valence-corrected chi connectivity index (χ4v) is 2.30. The number of hydrogen-bond acceptors (Lipinski definition) is 3. The van der Waals surface area contributed by atoms with Crippen LogP contribution in [0, 0.1) is 6.92 Å². The Labute approximate surface area is 118 Å². The van der Waals surface area contributed by atoms with Gasteiger partial charge in [0.15, 0.2) is 0 Å². The van der Waals surface area contributed by atoms with Crippen LogP contribution in [0.2, 0.25) is 0 Å². The summed E-state index contributed by atoms with van der Waals surface area (Å²) in [5.41, 5.74) is 5.21. The largest absolute Gasteiger partial charge is 0.485 e. The van der Waals surface area contributed by atoms with Crippen LogP contribution >= 0.6 is 0 Å². The normalized spacial score (nSPS) is 13.4. The van der Waals surface area contributed by atoms with E-state index in [1.807, 2.05) is 49.4 Å². The van der Waals surface area contributed by atoms with Crippen molar-refractivity contribution >= 4 is 11.4 Å². The highest BCUT2D eigenvalue weighted by Crippen LogP contribution is 2.32. The third-order valence-electron chi connectivity index (χ3n) is 3.42. The van der Waals surface area contributed by atoms with E-state index in [4.69, 9.17) is 14.8 Å². The lowest BCUT2D eigenvalue weighted by Crippen LogP contribution is -2.16. The second-order valence-electron chi connectivity index (χ2n) is 4.99. The third kappa shape index (κ3) is 2.58. The number of ether oxygens (including phenoxy) is 1. The van der Waals surface area contributed by atoms with Crippen molar-refractivity contribution in [2.24, 2.45) is 4.99 Å². The van der Waals surface area contributed by atoms with E-state index in [-0.39, 0.29) is 6.61 Å². The monoisotopic (exact) mass is 267 g/mol. The van der Waals surface area contributed by atoms with Crippen LogP contribution in [0.15, 0.2) is 47.5 Å². The molecule has 0 bridgehead atoms. The van der Waals surface area contributed by atoms with E-state index >= 15 is 0 Å². The lowest BCUT2D eigenvalue weighted by molar-refractivity contribution is 0.299. The molecule has 3 rings (SSSR count). The highest BCUT2D eigenvalue weighted by atomic mass is 16.5. The van der Waals surface area contributed by atoms with Crippen molar-refractivity contribution < 1.29 is 9.84 Å². The minimum Gasteiger partial charge on any atom is -0.485 e. The maximum atomic E-state index is 8.93. The molecule has 0 atom stereocenters. The molecular formula is C17H17NO2. The Morgan fingerprint density at radius 1 is 1.15 bits per heavy atom. The summed E-state index contributed by atoms with van der Waals surface area (Å²) in [6.07, 6.45) is 0.686. The molecule has 3 heteroatoms. The zero-order chi connectivity index (χ0) is 13.9. The Balaban J connectivity index is 1.91. The fourth-order valence-electron chi connectivity index (χ4n) is 2.30. The zero-order valence-corrected chi connectivity index (χ0v) is 11.5. The van der Waals surface area contributed by atoms with Gasteiger partial charge in [0.05, 0.1) is 5.71 Å². The Bertz CT molecular complexity index is 645. The van der Waals surface area contributed by atoms with Crippen molar-refractivity contribution in [3.63, 3.8) is 0 Å². The van der Waals surface area contributed by atoms with Crippen LogP contribution < -0.4 is 4.74 Å². The van der Waals surface area contributed by atoms with Gasteiger partial charge in [0.25, 0.3) is 0 Å². The summed E-state index contributed by atoms with van der Waals surface area (Å²) in [5, 5.41) is 8.93. The summed E-state index contributed by atoms with van der Waals surface area (Å²) in [5.74, 6) is 0.844. The summed E-state index contributed by atoms with van der Waals surface area (Å²) < 4.78 is 5.75. The number of aliphatic hydroxyl groups excluding tert-OH is 1. The molecule has 102 valence electrons. The summed E-state index contributed by atoms with van der Waals surface area (Å²) in [7, 11) is 0. The first-order valence-electron chi connectivity index (χ1n) is 6.77. The van der Waals surface area contributed by atoms with Crippen molar-refractivity contribution in [2.45, 2.75) is 13.3 Å². The Morgan fingerprint density at radius 3 is 2.70 bits per heavy atom. The van der Waals surface area contributed by atoms with Gasteiger partial charge in [0, 0.05) is 6.61 Å². The van der Waals surface area contributed by atoms with Crippen LogP contribution in [-0.4, -0.2) is 24.0 Å². The molecule has 1 aliphatic rings. The summed E-state index contributed by atoms with van der Waals surface area (Å²) in [6.45, 7) is 2.72. The predicted molar refractivity (Wildman–Crippen MR) is 80.1 cm³/mol. The van der Waals surface area contributed by atoms with Crippen molar-refractivity contribution in [2.75, 3.05) is 13.2 Å². The predicted octanol–water partition coefficient (Wildman–Crippen LogP) is 3.04. The minimum absolute atomic E-state index is 0.177. The van der Waals surface area contributed by atoms with Crippen LogP contribution in [0.5, 0.6) is 5.75 Å². The average molecular weight is 267 g/mol. The molecule has 2 aromatic rings. The zero-order valence-electron chi connectivity index (χ0n) is 11.5. The van der Waals surface area contributed by atoms with E-state index < -0.39 is 0 Å². The molecule has 2 aromatic carbocycles. The first-order chi connectivity index (χ1) is 9.76. The van der Waals surface area contributed by atoms with Crippen molar-refractivity contribution in [3.8, 4) is 5.75 Å². The minimum atomic E-state index is 0.177. The van der Waals surface area contributed by atoms with Gasteiger partial charge in [-0.05, 0) is 42.2 Å². The van der Waals surface area contributed by atoms with Gasteiger partial charge >= 0.3 is 0 Å². The summed E-state index contributed by atoms with van der Waals surface area (Å²) in [6, 6.07) is 14.2. The molecule has 3 nitrogen and oxygen atoms in total. The van der Waals surface area contributed by atoms with Crippen LogP contribution in [0.1, 0.15) is 16.7 Å². The SMILES string of the molecule is Cc1ccc2c(c1)N=C(c1ccc(CCO)cc1)CO2. The molecule has 0 aliphatic carbocycles. The summed E-state index contributed by atoms with van der Waals surface area (Å²) >= 11 is 0. The highest BCUT2D eigenvalue weighted by molar-refractivity contribution is 6.04. The molecule has 0 spiro atoms. The van der Waals surface area contributed by atoms with E-state index in [0.29, 0.717) is 13.0 Å². The van der Waals surface area contributed by atoms with Gasteiger partial charge in [0.2, 0.25) is 0 Å². The molecule has 1 N–H and O–H groups in total. The topological polar surface area (TPSA) is 41.8 Å². The molecule has 1 heterocycles. The Hall–Kier alpha value is -2.13. The van der Waals surface area contributed by atoms with Gasteiger partial charge in [-0.2, -0.15) is 0 Å². The maximum absolute atomic E-state index is 8.93. The number of hydrogen-bond donors (Lipinski definition) is 1. The molecule has 0 radical (unpaired) electrons. The molecule has 0 fully saturated rings. The number of benzene rings is 2. The molecule has 20 heavy (non-hydrogen) atoms. The fraction of sp³-hybridized carbons (Fsp3) is 0.235.